The van der Waals surface area contributed by atoms with Crippen molar-refractivity contribution in [3.63, 3.8) is 0 Å². The first-order valence-electron chi connectivity index (χ1n) is 9.76. The highest BCUT2D eigenvalue weighted by Crippen LogP contribution is 2.56. The molecule has 1 nitrogen and oxygen atoms in total. The first kappa shape index (κ1) is 18.0. The fourth-order valence-electron chi connectivity index (χ4n) is 3.88. The SMILES string of the molecule is C1=C(C[P+](c2ccccc2)(c2ccccc2)c2ccccc2)OCCCC1. The van der Waals surface area contributed by atoms with Crippen LogP contribution in [0.5, 0.6) is 0 Å². The van der Waals surface area contributed by atoms with Crippen LogP contribution in [0.1, 0.15) is 19.3 Å². The summed E-state index contributed by atoms with van der Waals surface area (Å²) in [7, 11) is -1.83. The van der Waals surface area contributed by atoms with Gasteiger partial charge in [0.1, 0.15) is 35.1 Å². The van der Waals surface area contributed by atoms with E-state index in [2.05, 4.69) is 97.1 Å². The standard InChI is InChI=1S/C25H26OP/c1-6-14-23(15-7-1)27(24-16-8-2-9-17-24,25-18-10-3-11-19-25)21-22-13-5-4-12-20-26-22/h1-3,6-11,13-19H,4-5,12,20-21H2/q+1. The minimum atomic E-state index is -1.83. The molecule has 0 saturated carbocycles. The maximum atomic E-state index is 6.21. The van der Waals surface area contributed by atoms with Gasteiger partial charge in [0, 0.05) is 0 Å². The van der Waals surface area contributed by atoms with Crippen LogP contribution in [0.15, 0.2) is 103 Å². The van der Waals surface area contributed by atoms with Crippen molar-refractivity contribution in [2.45, 2.75) is 19.3 Å². The maximum absolute atomic E-state index is 6.21. The first-order valence-corrected chi connectivity index (χ1v) is 11.7. The normalized spacial score (nSPS) is 14.7. The fraction of sp³-hybridized carbons (Fsp3) is 0.200. The van der Waals surface area contributed by atoms with E-state index in [1.54, 1.807) is 0 Å². The van der Waals surface area contributed by atoms with Gasteiger partial charge in [-0.2, -0.15) is 0 Å². The van der Waals surface area contributed by atoms with E-state index in [-0.39, 0.29) is 0 Å². The highest BCUT2D eigenvalue weighted by molar-refractivity contribution is 7.95. The van der Waals surface area contributed by atoms with Crippen LogP contribution in [-0.4, -0.2) is 12.8 Å². The molecule has 1 heterocycles. The largest absolute Gasteiger partial charge is 0.494 e. The molecule has 0 aliphatic carbocycles. The van der Waals surface area contributed by atoms with Crippen LogP contribution in [0.3, 0.4) is 0 Å². The van der Waals surface area contributed by atoms with Crippen LogP contribution in [-0.2, 0) is 4.74 Å². The molecule has 0 unspecified atom stereocenters. The Labute approximate surface area is 163 Å². The van der Waals surface area contributed by atoms with Gasteiger partial charge in [-0.05, 0) is 61.7 Å². The van der Waals surface area contributed by atoms with Gasteiger partial charge < -0.3 is 4.74 Å². The molecule has 136 valence electrons. The van der Waals surface area contributed by atoms with Crippen molar-refractivity contribution < 1.29 is 4.74 Å². The topological polar surface area (TPSA) is 9.23 Å². The molecular weight excluding hydrogens is 347 g/mol. The zero-order valence-electron chi connectivity index (χ0n) is 15.6. The average Bonchev–Trinajstić information content (AvgIpc) is 3.02. The van der Waals surface area contributed by atoms with E-state index in [0.29, 0.717) is 0 Å². The number of rotatable bonds is 5. The molecule has 0 N–H and O–H groups in total. The van der Waals surface area contributed by atoms with E-state index in [0.717, 1.165) is 31.4 Å². The third-order valence-electron chi connectivity index (χ3n) is 5.24. The monoisotopic (exact) mass is 373 g/mol. The summed E-state index contributed by atoms with van der Waals surface area (Å²) in [4.78, 5) is 0. The van der Waals surface area contributed by atoms with Gasteiger partial charge in [-0.1, -0.05) is 54.6 Å². The summed E-state index contributed by atoms with van der Waals surface area (Å²) in [5.74, 6) is 1.16. The number of hydrogen-bond donors (Lipinski definition) is 0. The molecule has 0 radical (unpaired) electrons. The summed E-state index contributed by atoms with van der Waals surface area (Å²) < 4.78 is 6.21. The summed E-state index contributed by atoms with van der Waals surface area (Å²) in [6.45, 7) is 0.838. The van der Waals surface area contributed by atoms with Gasteiger partial charge >= 0.3 is 0 Å². The Balaban J connectivity index is 1.93. The Morgan fingerprint density at radius 2 is 1.11 bits per heavy atom. The van der Waals surface area contributed by atoms with Crippen molar-refractivity contribution in [1.29, 1.82) is 0 Å². The van der Waals surface area contributed by atoms with Gasteiger partial charge in [-0.3, -0.25) is 0 Å². The average molecular weight is 373 g/mol. The zero-order chi connectivity index (χ0) is 18.4. The second-order valence-electron chi connectivity index (χ2n) is 6.99. The number of allylic oxidation sites excluding steroid dienone is 2. The molecule has 4 rings (SSSR count). The highest BCUT2D eigenvalue weighted by atomic mass is 31.2. The summed E-state index contributed by atoms with van der Waals surface area (Å²) >= 11 is 0. The predicted octanol–water partition coefficient (Wildman–Crippen LogP) is 5.06. The van der Waals surface area contributed by atoms with Gasteiger partial charge in [-0.25, -0.2) is 0 Å². The minimum absolute atomic E-state index is 0.838. The molecule has 0 saturated heterocycles. The van der Waals surface area contributed by atoms with E-state index in [4.69, 9.17) is 4.74 Å². The van der Waals surface area contributed by atoms with E-state index >= 15 is 0 Å². The van der Waals surface area contributed by atoms with Crippen LogP contribution >= 0.6 is 7.26 Å². The van der Waals surface area contributed by atoms with Gasteiger partial charge in [0.15, 0.2) is 0 Å². The van der Waals surface area contributed by atoms with E-state index in [1.165, 1.54) is 22.3 Å². The second-order valence-corrected chi connectivity index (χ2v) is 10.5. The molecule has 0 fully saturated rings. The lowest BCUT2D eigenvalue weighted by Crippen LogP contribution is -2.34. The molecule has 0 amide bonds. The van der Waals surface area contributed by atoms with Gasteiger partial charge in [0.05, 0.1) is 6.61 Å². The number of ether oxygens (including phenoxy) is 1. The molecule has 0 atom stereocenters. The van der Waals surface area contributed by atoms with Crippen LogP contribution in [0.25, 0.3) is 0 Å². The first-order chi connectivity index (χ1) is 13.4. The van der Waals surface area contributed by atoms with Crippen molar-refractivity contribution in [3.05, 3.63) is 103 Å². The second kappa shape index (κ2) is 8.55. The summed E-state index contributed by atoms with van der Waals surface area (Å²) in [5.41, 5.74) is 0. The van der Waals surface area contributed by atoms with Crippen LogP contribution in [0.4, 0.5) is 0 Å². The smallest absolute Gasteiger partial charge is 0.130 e. The minimum Gasteiger partial charge on any atom is -0.494 e. The lowest BCUT2D eigenvalue weighted by molar-refractivity contribution is 0.216. The Morgan fingerprint density at radius 1 is 0.630 bits per heavy atom. The molecule has 3 aromatic rings. The van der Waals surface area contributed by atoms with Crippen molar-refractivity contribution in [2.24, 2.45) is 0 Å². The molecule has 0 aromatic heterocycles. The molecule has 3 aromatic carbocycles. The molecular formula is C25H26OP+. The Bertz CT molecular complexity index is 775. The lowest BCUT2D eigenvalue weighted by atomic mass is 10.2. The molecule has 0 spiro atoms. The maximum Gasteiger partial charge on any atom is 0.130 e. The quantitative estimate of drug-likeness (QED) is 0.568. The molecule has 27 heavy (non-hydrogen) atoms. The summed E-state index contributed by atoms with van der Waals surface area (Å²) in [5, 5.41) is 4.24. The van der Waals surface area contributed by atoms with Gasteiger partial charge in [0.2, 0.25) is 0 Å². The van der Waals surface area contributed by atoms with E-state index in [9.17, 15) is 0 Å². The van der Waals surface area contributed by atoms with Crippen LogP contribution in [0, 0.1) is 0 Å². The Hall–Kier alpha value is -2.37. The van der Waals surface area contributed by atoms with E-state index in [1.807, 2.05) is 0 Å². The van der Waals surface area contributed by atoms with Crippen LogP contribution < -0.4 is 15.9 Å². The number of benzene rings is 3. The number of hydrogen-bond acceptors (Lipinski definition) is 1. The van der Waals surface area contributed by atoms with E-state index < -0.39 is 7.26 Å². The van der Waals surface area contributed by atoms with Crippen molar-refractivity contribution in [3.8, 4) is 0 Å². The predicted molar refractivity (Wildman–Crippen MR) is 118 cm³/mol. The Morgan fingerprint density at radius 3 is 1.59 bits per heavy atom. The highest BCUT2D eigenvalue weighted by Gasteiger charge is 2.46. The van der Waals surface area contributed by atoms with Crippen molar-refractivity contribution in [1.82, 2.24) is 0 Å². The summed E-state index contributed by atoms with van der Waals surface area (Å²) in [6, 6.07) is 33.1. The van der Waals surface area contributed by atoms with Crippen molar-refractivity contribution >= 4 is 23.2 Å². The summed E-state index contributed by atoms with van der Waals surface area (Å²) in [6.07, 6.45) is 6.76. The zero-order valence-corrected chi connectivity index (χ0v) is 16.5. The molecule has 1 aliphatic heterocycles. The fourth-order valence-corrected chi connectivity index (χ4v) is 8.06. The van der Waals surface area contributed by atoms with Gasteiger partial charge in [0.25, 0.3) is 0 Å². The van der Waals surface area contributed by atoms with Gasteiger partial charge in [-0.15, -0.1) is 0 Å². The third-order valence-corrected chi connectivity index (χ3v) is 9.57. The molecule has 2 heteroatoms. The third kappa shape index (κ3) is 3.84. The molecule has 0 bridgehead atoms. The molecule has 1 aliphatic rings. The Kier molecular flexibility index (Phi) is 5.70. The van der Waals surface area contributed by atoms with Crippen LogP contribution in [0.2, 0.25) is 0 Å². The van der Waals surface area contributed by atoms with Crippen molar-refractivity contribution in [2.75, 3.05) is 12.8 Å². The lowest BCUT2D eigenvalue weighted by Gasteiger charge is -2.28.